The van der Waals surface area contributed by atoms with Gasteiger partial charge in [0.05, 0.1) is 7.11 Å². The molecule has 1 unspecified atom stereocenters. The van der Waals surface area contributed by atoms with Gasteiger partial charge in [0.15, 0.2) is 0 Å². The average Bonchev–Trinajstić information content (AvgIpc) is 3.09. The molecular weight excluding hydrogens is 316 g/mol. The Morgan fingerprint density at radius 2 is 1.81 bits per heavy atom. The van der Waals surface area contributed by atoms with Gasteiger partial charge < -0.3 is 4.74 Å². The molecule has 0 bridgehead atoms. The Labute approximate surface area is 159 Å². The molecule has 26 heavy (non-hydrogen) atoms. The number of hydrogen-bond acceptors (Lipinski definition) is 1. The average molecular weight is 351 g/mol. The summed E-state index contributed by atoms with van der Waals surface area (Å²) in [4.78, 5) is 0. The molecule has 6 atom stereocenters. The Morgan fingerprint density at radius 1 is 0.962 bits per heavy atom. The molecule has 0 aromatic heterocycles. The number of ether oxygens (including phenoxy) is 1. The second-order valence-electron chi connectivity index (χ2n) is 9.83. The molecule has 1 aromatic carbocycles. The summed E-state index contributed by atoms with van der Waals surface area (Å²) in [6.45, 7) is 2.61. The van der Waals surface area contributed by atoms with Crippen LogP contribution in [0, 0.1) is 29.1 Å². The summed E-state index contributed by atoms with van der Waals surface area (Å²) < 4.78 is 5.40. The van der Waals surface area contributed by atoms with Crippen molar-refractivity contribution in [2.24, 2.45) is 29.1 Å². The molecule has 3 fully saturated rings. The van der Waals surface area contributed by atoms with E-state index < -0.39 is 0 Å². The molecule has 0 radical (unpaired) electrons. The third-order valence-electron chi connectivity index (χ3n) is 8.77. The summed E-state index contributed by atoms with van der Waals surface area (Å²) in [6.07, 6.45) is 15.6. The van der Waals surface area contributed by atoms with Crippen LogP contribution in [-0.2, 0) is 0 Å². The van der Waals surface area contributed by atoms with Gasteiger partial charge >= 0.3 is 0 Å². The number of hydrogen-bond donors (Lipinski definition) is 0. The smallest absolute Gasteiger partial charge is 0.118 e. The van der Waals surface area contributed by atoms with E-state index in [0.29, 0.717) is 5.41 Å². The van der Waals surface area contributed by atoms with Crippen molar-refractivity contribution in [3.63, 3.8) is 0 Å². The van der Waals surface area contributed by atoms with Crippen LogP contribution < -0.4 is 4.74 Å². The maximum Gasteiger partial charge on any atom is 0.118 e. The van der Waals surface area contributed by atoms with Crippen molar-refractivity contribution in [1.82, 2.24) is 0 Å². The van der Waals surface area contributed by atoms with Gasteiger partial charge in [0.25, 0.3) is 0 Å². The lowest BCUT2D eigenvalue weighted by Crippen LogP contribution is -2.45. The topological polar surface area (TPSA) is 9.23 Å². The van der Waals surface area contributed by atoms with Crippen LogP contribution in [0.15, 0.2) is 35.9 Å². The highest BCUT2D eigenvalue weighted by atomic mass is 16.5. The predicted octanol–water partition coefficient (Wildman–Crippen LogP) is 6.74. The zero-order chi connectivity index (χ0) is 17.7. The number of allylic oxidation sites excluding steroid dienone is 2. The van der Waals surface area contributed by atoms with E-state index in [1.54, 1.807) is 12.7 Å². The van der Waals surface area contributed by atoms with E-state index in [9.17, 15) is 0 Å². The Bertz CT molecular complexity index is 687. The number of fused-ring (bicyclic) bond motifs is 5. The van der Waals surface area contributed by atoms with E-state index >= 15 is 0 Å². The normalized spacial score (nSPS) is 41.6. The van der Waals surface area contributed by atoms with Crippen molar-refractivity contribution in [1.29, 1.82) is 0 Å². The molecule has 1 heteroatoms. The first-order valence-corrected chi connectivity index (χ1v) is 11.0. The summed E-state index contributed by atoms with van der Waals surface area (Å²) >= 11 is 0. The van der Waals surface area contributed by atoms with E-state index in [1.807, 2.05) is 5.57 Å². The summed E-state index contributed by atoms with van der Waals surface area (Å²) in [5.41, 5.74) is 4.04. The fourth-order valence-electron chi connectivity index (χ4n) is 7.55. The van der Waals surface area contributed by atoms with Crippen molar-refractivity contribution in [2.75, 3.05) is 7.11 Å². The molecule has 0 spiro atoms. The zero-order valence-corrected chi connectivity index (χ0v) is 16.5. The van der Waals surface area contributed by atoms with Crippen LogP contribution in [0.25, 0.3) is 0 Å². The molecule has 3 saturated carbocycles. The van der Waals surface area contributed by atoms with Crippen molar-refractivity contribution in [3.8, 4) is 5.75 Å². The minimum absolute atomic E-state index is 0.663. The van der Waals surface area contributed by atoms with Crippen molar-refractivity contribution < 1.29 is 4.74 Å². The van der Waals surface area contributed by atoms with Crippen LogP contribution in [0.2, 0.25) is 0 Å². The highest BCUT2D eigenvalue weighted by Gasteiger charge is 2.53. The zero-order valence-electron chi connectivity index (χ0n) is 16.5. The molecule has 4 aliphatic carbocycles. The monoisotopic (exact) mass is 350 g/mol. The Morgan fingerprint density at radius 3 is 2.62 bits per heavy atom. The molecule has 1 aromatic rings. The summed E-state index contributed by atoms with van der Waals surface area (Å²) in [7, 11) is 1.77. The van der Waals surface area contributed by atoms with Crippen molar-refractivity contribution >= 4 is 0 Å². The Kier molecular flexibility index (Phi) is 4.18. The van der Waals surface area contributed by atoms with E-state index in [2.05, 4.69) is 37.3 Å². The van der Waals surface area contributed by atoms with Gasteiger partial charge in [-0.1, -0.05) is 37.1 Å². The van der Waals surface area contributed by atoms with Gasteiger partial charge in [0.1, 0.15) is 5.75 Å². The first-order chi connectivity index (χ1) is 12.7. The molecule has 0 saturated heterocycles. The van der Waals surface area contributed by atoms with Crippen LogP contribution in [0.1, 0.15) is 76.2 Å². The number of benzene rings is 1. The van der Waals surface area contributed by atoms with Crippen molar-refractivity contribution in [3.05, 3.63) is 41.5 Å². The number of rotatable bonds is 2. The van der Waals surface area contributed by atoms with Crippen LogP contribution in [0.4, 0.5) is 0 Å². The predicted molar refractivity (Wildman–Crippen MR) is 107 cm³/mol. The van der Waals surface area contributed by atoms with Gasteiger partial charge in [-0.3, -0.25) is 0 Å². The van der Waals surface area contributed by atoms with Gasteiger partial charge in [0.2, 0.25) is 0 Å². The first kappa shape index (κ1) is 16.9. The number of methoxy groups -OCH3 is 1. The highest BCUT2D eigenvalue weighted by Crippen LogP contribution is 2.62. The Hall–Kier alpha value is -1.24. The molecule has 1 nitrogen and oxygen atoms in total. The summed E-state index contributed by atoms with van der Waals surface area (Å²) in [5.74, 6) is 5.45. The fraction of sp³-hybridized carbons (Fsp3) is 0.680. The van der Waals surface area contributed by atoms with E-state index in [4.69, 9.17) is 4.74 Å². The van der Waals surface area contributed by atoms with Crippen LogP contribution in [0.5, 0.6) is 5.75 Å². The second-order valence-corrected chi connectivity index (χ2v) is 9.83. The van der Waals surface area contributed by atoms with Crippen LogP contribution in [-0.4, -0.2) is 7.11 Å². The van der Waals surface area contributed by atoms with Crippen LogP contribution in [0.3, 0.4) is 0 Å². The lowest BCUT2D eigenvalue weighted by molar-refractivity contribution is 0.00497. The van der Waals surface area contributed by atoms with Gasteiger partial charge in [-0.05, 0) is 104 Å². The standard InChI is InChI=1S/C25H34O/c1-25-15-4-7-23(25)21-13-10-18-5-3-6-20(24(18)22(21)14-16-25)17-8-11-19(26-2)12-9-17/h8-12,20-24H,3-7,13-16H2,1-2H3/t20?,21-,22+,23+,24-,25+/m1/s1. The lowest BCUT2D eigenvalue weighted by Gasteiger charge is -2.54. The van der Waals surface area contributed by atoms with Crippen LogP contribution >= 0.6 is 0 Å². The molecular formula is C25H34O. The third kappa shape index (κ3) is 2.57. The van der Waals surface area contributed by atoms with Gasteiger partial charge in [-0.2, -0.15) is 0 Å². The first-order valence-electron chi connectivity index (χ1n) is 11.0. The molecule has 0 amide bonds. The fourth-order valence-corrected chi connectivity index (χ4v) is 7.55. The van der Waals surface area contributed by atoms with Gasteiger partial charge in [-0.25, -0.2) is 0 Å². The third-order valence-corrected chi connectivity index (χ3v) is 8.77. The van der Waals surface area contributed by atoms with E-state index in [0.717, 1.165) is 35.3 Å². The van der Waals surface area contributed by atoms with E-state index in [-0.39, 0.29) is 0 Å². The quantitative estimate of drug-likeness (QED) is 0.537. The van der Waals surface area contributed by atoms with Gasteiger partial charge in [0, 0.05) is 0 Å². The summed E-state index contributed by atoms with van der Waals surface area (Å²) in [6, 6.07) is 9.03. The lowest BCUT2D eigenvalue weighted by atomic mass is 9.51. The molecule has 4 aliphatic rings. The Balaban J connectivity index is 1.48. The second kappa shape index (κ2) is 6.43. The molecule has 140 valence electrons. The SMILES string of the molecule is COc1ccc(C2CCCC3=CC[C@@H]4[C@H](CC[C@]5(C)CCC[C@@H]45)[C@H]32)cc1. The molecule has 0 heterocycles. The minimum atomic E-state index is 0.663. The maximum atomic E-state index is 5.40. The van der Waals surface area contributed by atoms with Gasteiger partial charge in [-0.15, -0.1) is 0 Å². The largest absolute Gasteiger partial charge is 0.497 e. The highest BCUT2D eigenvalue weighted by molar-refractivity contribution is 5.33. The molecule has 0 N–H and O–H groups in total. The summed E-state index contributed by atoms with van der Waals surface area (Å²) in [5, 5.41) is 0. The maximum absolute atomic E-state index is 5.40. The molecule has 5 rings (SSSR count). The minimum Gasteiger partial charge on any atom is -0.497 e. The van der Waals surface area contributed by atoms with Crippen molar-refractivity contribution in [2.45, 2.75) is 70.6 Å². The molecule has 0 aliphatic heterocycles. The van der Waals surface area contributed by atoms with E-state index in [1.165, 1.54) is 57.8 Å².